The van der Waals surface area contributed by atoms with Gasteiger partial charge in [0.15, 0.2) is 0 Å². The summed E-state index contributed by atoms with van der Waals surface area (Å²) in [5.74, 6) is 0. The fraction of sp³-hybridized carbons (Fsp3) is 1.00. The Kier molecular flexibility index (Phi) is 3.33. The Bertz CT molecular complexity index is 212. The number of ether oxygens (including phenoxy) is 1. The number of piperidine rings is 1. The van der Waals surface area contributed by atoms with Crippen molar-refractivity contribution in [2.75, 3.05) is 33.2 Å². The molecule has 2 rings (SSSR count). The molecule has 3 nitrogen and oxygen atoms in total. The van der Waals surface area contributed by atoms with Gasteiger partial charge in [-0.05, 0) is 33.2 Å². The lowest BCUT2D eigenvalue weighted by atomic mass is 9.91. The lowest BCUT2D eigenvalue weighted by molar-refractivity contribution is -0.0745. The van der Waals surface area contributed by atoms with Crippen LogP contribution in [0.15, 0.2) is 0 Å². The van der Waals surface area contributed by atoms with E-state index in [2.05, 4.69) is 30.7 Å². The third-order valence-electron chi connectivity index (χ3n) is 3.84. The van der Waals surface area contributed by atoms with Gasteiger partial charge in [0.05, 0.1) is 5.60 Å². The Morgan fingerprint density at radius 1 is 1.33 bits per heavy atom. The highest BCUT2D eigenvalue weighted by molar-refractivity contribution is 4.94. The first-order chi connectivity index (χ1) is 7.15. The Labute approximate surface area is 93.4 Å². The number of likely N-dealkylation sites (tertiary alicyclic amines) is 1. The van der Waals surface area contributed by atoms with Crippen LogP contribution in [-0.2, 0) is 4.74 Å². The first kappa shape index (κ1) is 11.4. The van der Waals surface area contributed by atoms with E-state index in [4.69, 9.17) is 4.74 Å². The van der Waals surface area contributed by atoms with Crippen LogP contribution >= 0.6 is 0 Å². The van der Waals surface area contributed by atoms with Gasteiger partial charge in [0.25, 0.3) is 0 Å². The summed E-state index contributed by atoms with van der Waals surface area (Å²) in [4.78, 5) is 4.90. The predicted molar refractivity (Wildman–Crippen MR) is 61.9 cm³/mol. The van der Waals surface area contributed by atoms with E-state index in [0.717, 1.165) is 6.54 Å². The minimum atomic E-state index is 0.182. The maximum atomic E-state index is 6.20. The van der Waals surface area contributed by atoms with E-state index in [1.54, 1.807) is 0 Å². The molecule has 2 saturated heterocycles. The van der Waals surface area contributed by atoms with E-state index in [9.17, 15) is 0 Å². The van der Waals surface area contributed by atoms with Crippen LogP contribution in [-0.4, -0.2) is 54.9 Å². The SMILES string of the molecule is CCCN1CC2(CCN(C)CC2)OC1C. The van der Waals surface area contributed by atoms with E-state index in [1.807, 2.05) is 0 Å². The van der Waals surface area contributed by atoms with E-state index in [-0.39, 0.29) is 5.60 Å². The van der Waals surface area contributed by atoms with Crippen LogP contribution in [0.3, 0.4) is 0 Å². The third-order valence-corrected chi connectivity index (χ3v) is 3.84. The molecule has 2 fully saturated rings. The fourth-order valence-electron chi connectivity index (χ4n) is 2.82. The molecule has 0 aromatic carbocycles. The summed E-state index contributed by atoms with van der Waals surface area (Å²) in [6, 6.07) is 0. The van der Waals surface area contributed by atoms with Crippen molar-refractivity contribution >= 4 is 0 Å². The van der Waals surface area contributed by atoms with Crippen LogP contribution in [0.4, 0.5) is 0 Å². The highest BCUT2D eigenvalue weighted by atomic mass is 16.5. The molecule has 0 saturated carbocycles. The van der Waals surface area contributed by atoms with Crippen molar-refractivity contribution < 1.29 is 4.74 Å². The number of hydrogen-bond donors (Lipinski definition) is 0. The van der Waals surface area contributed by atoms with Crippen LogP contribution in [0.25, 0.3) is 0 Å². The van der Waals surface area contributed by atoms with E-state index in [1.165, 1.54) is 38.9 Å². The lowest BCUT2D eigenvalue weighted by Gasteiger charge is -2.36. The molecule has 2 heterocycles. The molecule has 0 aromatic heterocycles. The first-order valence-corrected chi connectivity index (χ1v) is 6.26. The quantitative estimate of drug-likeness (QED) is 0.690. The Balaban J connectivity index is 1.94. The smallest absolute Gasteiger partial charge is 0.108 e. The fourth-order valence-corrected chi connectivity index (χ4v) is 2.82. The van der Waals surface area contributed by atoms with Crippen LogP contribution < -0.4 is 0 Å². The van der Waals surface area contributed by atoms with Gasteiger partial charge in [-0.25, -0.2) is 0 Å². The second kappa shape index (κ2) is 4.40. The molecule has 3 heteroatoms. The maximum absolute atomic E-state index is 6.20. The van der Waals surface area contributed by atoms with Gasteiger partial charge in [-0.2, -0.15) is 0 Å². The van der Waals surface area contributed by atoms with Crippen molar-refractivity contribution in [2.45, 2.75) is 44.9 Å². The molecular formula is C12H24N2O. The Hall–Kier alpha value is -0.120. The van der Waals surface area contributed by atoms with Crippen molar-refractivity contribution in [3.8, 4) is 0 Å². The van der Waals surface area contributed by atoms with Gasteiger partial charge in [-0.15, -0.1) is 0 Å². The molecule has 88 valence electrons. The molecule has 0 aliphatic carbocycles. The second-order valence-electron chi connectivity index (χ2n) is 5.17. The van der Waals surface area contributed by atoms with Crippen LogP contribution in [0, 0.1) is 0 Å². The standard InChI is InChI=1S/C12H24N2O/c1-4-7-14-10-12(15-11(14)2)5-8-13(3)9-6-12/h11H,4-10H2,1-3H3. The minimum absolute atomic E-state index is 0.182. The van der Waals surface area contributed by atoms with Gasteiger partial charge in [0.1, 0.15) is 6.23 Å². The molecular weight excluding hydrogens is 188 g/mol. The summed E-state index contributed by atoms with van der Waals surface area (Å²) in [7, 11) is 2.20. The predicted octanol–water partition coefficient (Wildman–Crippen LogP) is 1.54. The summed E-state index contributed by atoms with van der Waals surface area (Å²) in [6.07, 6.45) is 3.96. The largest absolute Gasteiger partial charge is 0.356 e. The average molecular weight is 212 g/mol. The number of nitrogens with zero attached hydrogens (tertiary/aromatic N) is 2. The second-order valence-corrected chi connectivity index (χ2v) is 5.17. The molecule has 0 aromatic rings. The zero-order valence-corrected chi connectivity index (χ0v) is 10.3. The molecule has 0 amide bonds. The van der Waals surface area contributed by atoms with Gasteiger partial charge in [-0.1, -0.05) is 6.92 Å². The summed E-state index contributed by atoms with van der Waals surface area (Å²) >= 11 is 0. The topological polar surface area (TPSA) is 15.7 Å². The molecule has 0 radical (unpaired) electrons. The minimum Gasteiger partial charge on any atom is -0.356 e. The molecule has 1 unspecified atom stereocenters. The van der Waals surface area contributed by atoms with Gasteiger partial charge in [-0.3, -0.25) is 4.90 Å². The summed E-state index contributed by atoms with van der Waals surface area (Å²) < 4.78 is 6.20. The van der Waals surface area contributed by atoms with E-state index < -0.39 is 0 Å². The number of rotatable bonds is 2. The molecule has 0 bridgehead atoms. The third kappa shape index (κ3) is 2.35. The lowest BCUT2D eigenvalue weighted by Crippen LogP contribution is -2.45. The van der Waals surface area contributed by atoms with Crippen LogP contribution in [0.2, 0.25) is 0 Å². The zero-order chi connectivity index (χ0) is 10.9. The maximum Gasteiger partial charge on any atom is 0.108 e. The highest BCUT2D eigenvalue weighted by Gasteiger charge is 2.44. The highest BCUT2D eigenvalue weighted by Crippen LogP contribution is 2.34. The van der Waals surface area contributed by atoms with Gasteiger partial charge < -0.3 is 9.64 Å². The van der Waals surface area contributed by atoms with Gasteiger partial charge in [0.2, 0.25) is 0 Å². The summed E-state index contributed by atoms with van der Waals surface area (Å²) in [5, 5.41) is 0. The first-order valence-electron chi connectivity index (χ1n) is 6.26. The summed E-state index contributed by atoms with van der Waals surface area (Å²) in [6.45, 7) is 9.14. The Morgan fingerprint density at radius 2 is 2.00 bits per heavy atom. The van der Waals surface area contributed by atoms with Crippen LogP contribution in [0.5, 0.6) is 0 Å². The van der Waals surface area contributed by atoms with Gasteiger partial charge >= 0.3 is 0 Å². The van der Waals surface area contributed by atoms with Gasteiger partial charge in [0, 0.05) is 26.2 Å². The summed E-state index contributed by atoms with van der Waals surface area (Å²) in [5.41, 5.74) is 0.182. The van der Waals surface area contributed by atoms with E-state index >= 15 is 0 Å². The molecule has 15 heavy (non-hydrogen) atoms. The normalized spacial score (nSPS) is 32.6. The van der Waals surface area contributed by atoms with E-state index in [0.29, 0.717) is 6.23 Å². The molecule has 2 aliphatic heterocycles. The van der Waals surface area contributed by atoms with Crippen molar-refractivity contribution in [3.63, 3.8) is 0 Å². The van der Waals surface area contributed by atoms with Crippen molar-refractivity contribution in [1.29, 1.82) is 0 Å². The van der Waals surface area contributed by atoms with Crippen molar-refractivity contribution in [1.82, 2.24) is 9.80 Å². The molecule has 0 N–H and O–H groups in total. The zero-order valence-electron chi connectivity index (χ0n) is 10.3. The molecule has 2 aliphatic rings. The van der Waals surface area contributed by atoms with Crippen molar-refractivity contribution in [2.24, 2.45) is 0 Å². The molecule has 1 atom stereocenters. The molecule has 1 spiro atoms. The average Bonchev–Trinajstić information content (AvgIpc) is 2.50. The Morgan fingerprint density at radius 3 is 2.60 bits per heavy atom. The van der Waals surface area contributed by atoms with Crippen LogP contribution in [0.1, 0.15) is 33.1 Å². The monoisotopic (exact) mass is 212 g/mol. The number of hydrogen-bond acceptors (Lipinski definition) is 3. The van der Waals surface area contributed by atoms with Crippen molar-refractivity contribution in [3.05, 3.63) is 0 Å².